The van der Waals surface area contributed by atoms with Gasteiger partial charge in [0.2, 0.25) is 11.8 Å². The van der Waals surface area contributed by atoms with Gasteiger partial charge in [-0.25, -0.2) is 4.98 Å². The van der Waals surface area contributed by atoms with Crippen molar-refractivity contribution in [3.8, 4) is 11.6 Å². The molecule has 0 atom stereocenters. The van der Waals surface area contributed by atoms with Gasteiger partial charge in [0, 0.05) is 11.6 Å². The van der Waals surface area contributed by atoms with Gasteiger partial charge in [0.05, 0.1) is 11.1 Å². The Hall–Kier alpha value is -2.41. The number of aromatic nitrogens is 2. The summed E-state index contributed by atoms with van der Waals surface area (Å²) in [6.45, 7) is 1.61. The summed E-state index contributed by atoms with van der Waals surface area (Å²) in [5.74, 6) is 0.503. The van der Waals surface area contributed by atoms with Gasteiger partial charge < -0.3 is 10.5 Å². The standard InChI is InChI=1S/C11H9ClN4O3/c1-6-4-7(2-3-9(6)16(17)18)19-10-8(12)5-14-11(13)15-10/h2-5H,1H3,(H2,13,14,15). The van der Waals surface area contributed by atoms with Gasteiger partial charge in [0.25, 0.3) is 5.69 Å². The molecule has 0 aliphatic rings. The van der Waals surface area contributed by atoms with Gasteiger partial charge in [-0.2, -0.15) is 4.98 Å². The van der Waals surface area contributed by atoms with Crippen molar-refractivity contribution in [1.29, 1.82) is 0 Å². The SMILES string of the molecule is Cc1cc(Oc2nc(N)ncc2Cl)ccc1[N+](=O)[O-]. The first-order valence-corrected chi connectivity index (χ1v) is 5.56. The minimum Gasteiger partial charge on any atom is -0.437 e. The number of ether oxygens (including phenoxy) is 1. The number of hydrogen-bond acceptors (Lipinski definition) is 6. The van der Waals surface area contributed by atoms with Crippen LogP contribution in [0.1, 0.15) is 5.56 Å². The lowest BCUT2D eigenvalue weighted by Gasteiger charge is -2.07. The third-order valence-electron chi connectivity index (χ3n) is 2.31. The van der Waals surface area contributed by atoms with Crippen LogP contribution in [0.5, 0.6) is 11.6 Å². The molecule has 0 saturated heterocycles. The van der Waals surface area contributed by atoms with E-state index in [1.54, 1.807) is 6.92 Å². The zero-order chi connectivity index (χ0) is 14.0. The van der Waals surface area contributed by atoms with E-state index in [2.05, 4.69) is 9.97 Å². The minimum atomic E-state index is -0.464. The summed E-state index contributed by atoms with van der Waals surface area (Å²) in [6.07, 6.45) is 1.32. The van der Waals surface area contributed by atoms with Gasteiger partial charge in [-0.05, 0) is 19.1 Å². The van der Waals surface area contributed by atoms with Gasteiger partial charge in [0.1, 0.15) is 10.8 Å². The first kappa shape index (κ1) is 13.0. The van der Waals surface area contributed by atoms with Gasteiger partial charge in [-0.3, -0.25) is 10.1 Å². The summed E-state index contributed by atoms with van der Waals surface area (Å²) in [5.41, 5.74) is 5.91. The molecule has 0 amide bonds. The minimum absolute atomic E-state index is 0.0145. The Morgan fingerprint density at radius 1 is 1.47 bits per heavy atom. The number of nitrogens with two attached hydrogens (primary N) is 1. The number of nitrogen functional groups attached to an aromatic ring is 1. The molecular weight excluding hydrogens is 272 g/mol. The van der Waals surface area contributed by atoms with Gasteiger partial charge in [0.15, 0.2) is 0 Å². The maximum Gasteiger partial charge on any atom is 0.272 e. The number of nitrogens with zero attached hydrogens (tertiary/aromatic N) is 3. The molecule has 8 heteroatoms. The van der Waals surface area contributed by atoms with Gasteiger partial charge in [-0.15, -0.1) is 0 Å². The van der Waals surface area contributed by atoms with Crippen LogP contribution in [0.4, 0.5) is 11.6 Å². The molecule has 1 heterocycles. The van der Waals surface area contributed by atoms with Crippen LogP contribution < -0.4 is 10.5 Å². The fourth-order valence-electron chi connectivity index (χ4n) is 1.44. The lowest BCUT2D eigenvalue weighted by molar-refractivity contribution is -0.385. The molecule has 1 aromatic carbocycles. The largest absolute Gasteiger partial charge is 0.437 e. The molecule has 0 fully saturated rings. The fraction of sp³-hybridized carbons (Fsp3) is 0.0909. The Kier molecular flexibility index (Phi) is 3.48. The van der Waals surface area contributed by atoms with Crippen molar-refractivity contribution in [2.24, 2.45) is 0 Å². The molecule has 19 heavy (non-hydrogen) atoms. The fourth-order valence-corrected chi connectivity index (χ4v) is 1.57. The van der Waals surface area contributed by atoms with E-state index in [-0.39, 0.29) is 22.5 Å². The number of nitro benzene ring substituents is 1. The topological polar surface area (TPSA) is 104 Å². The first-order valence-electron chi connectivity index (χ1n) is 5.18. The first-order chi connectivity index (χ1) is 8.97. The van der Waals surface area contributed by atoms with Gasteiger partial charge >= 0.3 is 0 Å². The lowest BCUT2D eigenvalue weighted by atomic mass is 10.2. The van der Waals surface area contributed by atoms with Crippen LogP contribution in [0, 0.1) is 17.0 Å². The third-order valence-corrected chi connectivity index (χ3v) is 2.57. The van der Waals surface area contributed by atoms with Crippen molar-refractivity contribution in [3.63, 3.8) is 0 Å². The monoisotopic (exact) mass is 280 g/mol. The van der Waals surface area contributed by atoms with Crippen LogP contribution in [0.25, 0.3) is 0 Å². The zero-order valence-corrected chi connectivity index (χ0v) is 10.6. The Balaban J connectivity index is 2.31. The van der Waals surface area contributed by atoms with E-state index in [9.17, 15) is 10.1 Å². The Morgan fingerprint density at radius 3 is 2.84 bits per heavy atom. The molecule has 0 bridgehead atoms. The van der Waals surface area contributed by atoms with Gasteiger partial charge in [-0.1, -0.05) is 11.6 Å². The summed E-state index contributed by atoms with van der Waals surface area (Å²) in [4.78, 5) is 17.8. The molecule has 2 N–H and O–H groups in total. The van der Waals surface area contributed by atoms with Crippen LogP contribution in [-0.2, 0) is 0 Å². The summed E-state index contributed by atoms with van der Waals surface area (Å²) in [7, 11) is 0. The van der Waals surface area contributed by atoms with Crippen LogP contribution in [0.3, 0.4) is 0 Å². The third kappa shape index (κ3) is 2.89. The number of benzene rings is 1. The Morgan fingerprint density at radius 2 is 2.21 bits per heavy atom. The number of aryl methyl sites for hydroxylation is 1. The van der Waals surface area contributed by atoms with E-state index in [0.717, 1.165) is 0 Å². The normalized spacial score (nSPS) is 10.2. The number of halogens is 1. The van der Waals surface area contributed by atoms with Crippen LogP contribution in [0.15, 0.2) is 24.4 Å². The number of anilines is 1. The zero-order valence-electron chi connectivity index (χ0n) is 9.83. The maximum atomic E-state index is 10.7. The quantitative estimate of drug-likeness (QED) is 0.684. The smallest absolute Gasteiger partial charge is 0.272 e. The molecule has 0 spiro atoms. The molecule has 2 aromatic rings. The molecule has 7 nitrogen and oxygen atoms in total. The average molecular weight is 281 g/mol. The van der Waals surface area contributed by atoms with E-state index in [1.807, 2.05) is 0 Å². The molecule has 2 rings (SSSR count). The second-order valence-corrected chi connectivity index (χ2v) is 4.10. The molecule has 0 aliphatic heterocycles. The van der Waals surface area contributed by atoms with E-state index in [1.165, 1.54) is 24.4 Å². The van der Waals surface area contributed by atoms with Crippen molar-refractivity contribution in [1.82, 2.24) is 9.97 Å². The highest BCUT2D eigenvalue weighted by Gasteiger charge is 2.12. The molecule has 98 valence electrons. The molecule has 1 aromatic heterocycles. The van der Waals surface area contributed by atoms with Crippen molar-refractivity contribution in [2.75, 3.05) is 5.73 Å². The number of nitro groups is 1. The average Bonchev–Trinajstić information content (AvgIpc) is 2.33. The highest BCUT2D eigenvalue weighted by atomic mass is 35.5. The van der Waals surface area contributed by atoms with E-state index < -0.39 is 4.92 Å². The Labute approximate surface area is 113 Å². The number of hydrogen-bond donors (Lipinski definition) is 1. The summed E-state index contributed by atoms with van der Waals surface area (Å²) in [5, 5.41) is 10.9. The predicted octanol–water partition coefficient (Wildman–Crippen LogP) is 2.72. The molecular formula is C11H9ClN4O3. The van der Waals surface area contributed by atoms with Crippen LogP contribution >= 0.6 is 11.6 Å². The second kappa shape index (κ2) is 5.07. The van der Waals surface area contributed by atoms with Crippen molar-refractivity contribution < 1.29 is 9.66 Å². The summed E-state index contributed by atoms with van der Waals surface area (Å²) >= 11 is 5.85. The van der Waals surface area contributed by atoms with Crippen LogP contribution in [0.2, 0.25) is 5.02 Å². The van der Waals surface area contributed by atoms with Crippen molar-refractivity contribution in [2.45, 2.75) is 6.92 Å². The number of rotatable bonds is 3. The summed E-state index contributed by atoms with van der Waals surface area (Å²) in [6, 6.07) is 4.33. The molecule has 0 radical (unpaired) electrons. The molecule has 0 saturated carbocycles. The predicted molar refractivity (Wildman–Crippen MR) is 69.4 cm³/mol. The van der Waals surface area contributed by atoms with Crippen LogP contribution in [-0.4, -0.2) is 14.9 Å². The summed E-state index contributed by atoms with van der Waals surface area (Å²) < 4.78 is 5.42. The second-order valence-electron chi connectivity index (χ2n) is 3.69. The van der Waals surface area contributed by atoms with E-state index in [0.29, 0.717) is 11.3 Å². The highest BCUT2D eigenvalue weighted by molar-refractivity contribution is 6.31. The van der Waals surface area contributed by atoms with E-state index >= 15 is 0 Å². The highest BCUT2D eigenvalue weighted by Crippen LogP contribution is 2.29. The van der Waals surface area contributed by atoms with Crippen molar-refractivity contribution in [3.05, 3.63) is 45.1 Å². The molecule has 0 aliphatic carbocycles. The molecule has 0 unspecified atom stereocenters. The maximum absolute atomic E-state index is 10.7. The van der Waals surface area contributed by atoms with E-state index in [4.69, 9.17) is 22.1 Å². The van der Waals surface area contributed by atoms with Crippen molar-refractivity contribution >= 4 is 23.2 Å². The Bertz CT molecular complexity index is 648. The lowest BCUT2D eigenvalue weighted by Crippen LogP contribution is -1.98.